The number of carboxylic acid groups (broad SMARTS) is 1. The largest absolute Gasteiger partial charge is 0.480 e. The lowest BCUT2D eigenvalue weighted by Gasteiger charge is -2.37. The van der Waals surface area contributed by atoms with Crippen molar-refractivity contribution in [2.45, 2.75) is 50.9 Å². The highest BCUT2D eigenvalue weighted by molar-refractivity contribution is 6.74. The SMILES string of the molecule is CC(C)(C)[Si](C)(C)OCC1CN(C(C(=O)O)c2ccccc2)CC1c1ccccc1. The second-order valence-corrected chi connectivity index (χ2v) is 14.8. The van der Waals surface area contributed by atoms with Crippen LogP contribution in [0.5, 0.6) is 0 Å². The fourth-order valence-corrected chi connectivity index (χ4v) is 5.10. The Morgan fingerprint density at radius 3 is 2.17 bits per heavy atom. The van der Waals surface area contributed by atoms with Gasteiger partial charge in [-0.15, -0.1) is 0 Å². The molecule has 4 nitrogen and oxygen atoms in total. The van der Waals surface area contributed by atoms with Crippen LogP contribution in [0.25, 0.3) is 0 Å². The fourth-order valence-electron chi connectivity index (χ4n) is 4.04. The third-order valence-electron chi connectivity index (χ3n) is 6.88. The first-order chi connectivity index (χ1) is 14.1. The van der Waals surface area contributed by atoms with E-state index in [9.17, 15) is 9.90 Å². The van der Waals surface area contributed by atoms with Gasteiger partial charge in [0.2, 0.25) is 0 Å². The molecule has 162 valence electrons. The van der Waals surface area contributed by atoms with E-state index in [1.807, 2.05) is 36.4 Å². The molecule has 1 aliphatic heterocycles. The molecule has 1 N–H and O–H groups in total. The Kier molecular flexibility index (Phi) is 6.85. The van der Waals surface area contributed by atoms with Gasteiger partial charge in [0.05, 0.1) is 0 Å². The van der Waals surface area contributed by atoms with E-state index in [4.69, 9.17) is 4.43 Å². The summed E-state index contributed by atoms with van der Waals surface area (Å²) in [5, 5.41) is 10.2. The monoisotopic (exact) mass is 425 g/mol. The quantitative estimate of drug-likeness (QED) is 0.591. The Morgan fingerprint density at radius 2 is 1.63 bits per heavy atom. The molecule has 0 radical (unpaired) electrons. The summed E-state index contributed by atoms with van der Waals surface area (Å²) in [5.74, 6) is -0.257. The molecule has 2 aromatic rings. The van der Waals surface area contributed by atoms with Gasteiger partial charge in [-0.1, -0.05) is 81.4 Å². The summed E-state index contributed by atoms with van der Waals surface area (Å²) >= 11 is 0. The smallest absolute Gasteiger partial charge is 0.325 e. The van der Waals surface area contributed by atoms with Gasteiger partial charge in [0.1, 0.15) is 6.04 Å². The lowest BCUT2D eigenvalue weighted by molar-refractivity contribution is -0.143. The molecule has 1 fully saturated rings. The van der Waals surface area contributed by atoms with Crippen LogP contribution in [0, 0.1) is 5.92 Å². The van der Waals surface area contributed by atoms with E-state index >= 15 is 0 Å². The molecule has 30 heavy (non-hydrogen) atoms. The van der Waals surface area contributed by atoms with Crippen molar-refractivity contribution in [3.63, 3.8) is 0 Å². The first-order valence-electron chi connectivity index (χ1n) is 10.8. The summed E-state index contributed by atoms with van der Waals surface area (Å²) in [7, 11) is -1.87. The first-order valence-corrected chi connectivity index (χ1v) is 13.7. The molecule has 1 saturated heterocycles. The van der Waals surface area contributed by atoms with Crippen LogP contribution in [-0.2, 0) is 9.22 Å². The van der Waals surface area contributed by atoms with Crippen molar-refractivity contribution in [3.8, 4) is 0 Å². The molecular weight excluding hydrogens is 390 g/mol. The van der Waals surface area contributed by atoms with Gasteiger partial charge in [-0.05, 0) is 29.3 Å². The van der Waals surface area contributed by atoms with E-state index in [1.165, 1.54) is 5.56 Å². The summed E-state index contributed by atoms with van der Waals surface area (Å²) in [6.45, 7) is 13.4. The van der Waals surface area contributed by atoms with E-state index in [0.717, 1.165) is 18.7 Å². The Morgan fingerprint density at radius 1 is 1.07 bits per heavy atom. The van der Waals surface area contributed by atoms with E-state index in [-0.39, 0.29) is 16.9 Å². The van der Waals surface area contributed by atoms with Crippen LogP contribution in [0.15, 0.2) is 60.7 Å². The Labute approximate surface area is 182 Å². The molecule has 0 aromatic heterocycles. The molecule has 3 unspecified atom stereocenters. The molecule has 0 spiro atoms. The minimum Gasteiger partial charge on any atom is -0.480 e. The maximum atomic E-state index is 12.2. The Balaban J connectivity index is 1.86. The van der Waals surface area contributed by atoms with Gasteiger partial charge in [-0.25, -0.2) is 0 Å². The molecule has 2 aromatic carbocycles. The van der Waals surface area contributed by atoms with E-state index in [1.54, 1.807) is 0 Å². The van der Waals surface area contributed by atoms with Crippen molar-refractivity contribution in [1.82, 2.24) is 4.90 Å². The Bertz CT molecular complexity index is 832. The van der Waals surface area contributed by atoms with Gasteiger partial charge in [-0.3, -0.25) is 9.69 Å². The van der Waals surface area contributed by atoms with Gasteiger partial charge < -0.3 is 9.53 Å². The number of aliphatic carboxylic acids is 1. The normalized spacial score (nSPS) is 21.5. The maximum Gasteiger partial charge on any atom is 0.325 e. The third-order valence-corrected chi connectivity index (χ3v) is 11.4. The van der Waals surface area contributed by atoms with Crippen LogP contribution in [0.3, 0.4) is 0 Å². The number of hydrogen-bond donors (Lipinski definition) is 1. The summed E-state index contributed by atoms with van der Waals surface area (Å²) < 4.78 is 6.59. The predicted octanol–water partition coefficient (Wildman–Crippen LogP) is 5.55. The topological polar surface area (TPSA) is 49.8 Å². The van der Waals surface area contributed by atoms with Crippen molar-refractivity contribution in [1.29, 1.82) is 0 Å². The summed E-state index contributed by atoms with van der Waals surface area (Å²) in [6.07, 6.45) is 0. The maximum absolute atomic E-state index is 12.2. The van der Waals surface area contributed by atoms with Crippen molar-refractivity contribution < 1.29 is 14.3 Å². The van der Waals surface area contributed by atoms with Crippen LogP contribution in [0.4, 0.5) is 0 Å². The minimum absolute atomic E-state index is 0.154. The second-order valence-electron chi connectivity index (χ2n) is 9.95. The second kappa shape index (κ2) is 9.04. The van der Waals surface area contributed by atoms with Gasteiger partial charge in [-0.2, -0.15) is 0 Å². The van der Waals surface area contributed by atoms with Crippen molar-refractivity contribution in [2.24, 2.45) is 5.92 Å². The highest BCUT2D eigenvalue weighted by atomic mass is 28.4. The molecule has 0 saturated carbocycles. The summed E-state index contributed by atoms with van der Waals surface area (Å²) in [6, 6.07) is 19.4. The molecule has 3 atom stereocenters. The molecule has 1 aliphatic rings. The van der Waals surface area contributed by atoms with Crippen LogP contribution < -0.4 is 0 Å². The minimum atomic E-state index is -1.87. The zero-order valence-electron chi connectivity index (χ0n) is 18.8. The molecule has 0 amide bonds. The highest BCUT2D eigenvalue weighted by Crippen LogP contribution is 2.41. The molecule has 5 heteroatoms. The first kappa shape index (κ1) is 22.7. The average molecular weight is 426 g/mol. The molecule has 0 bridgehead atoms. The standard InChI is InChI=1S/C25H35NO3Si/c1-25(2,3)30(4,5)29-18-21-16-26(17-22(21)19-12-8-6-9-13-19)23(24(27)28)20-14-10-7-11-15-20/h6-15,21-23H,16-18H2,1-5H3,(H,27,28). The molecule has 0 aliphatic carbocycles. The van der Waals surface area contributed by atoms with Gasteiger partial charge in [0.25, 0.3) is 0 Å². The number of rotatable bonds is 7. The fraction of sp³-hybridized carbons (Fsp3) is 0.480. The van der Waals surface area contributed by atoms with Crippen molar-refractivity contribution >= 4 is 14.3 Å². The molecule has 3 rings (SSSR count). The highest BCUT2D eigenvalue weighted by Gasteiger charge is 2.43. The third kappa shape index (κ3) is 5.02. The lowest BCUT2D eigenvalue weighted by atomic mass is 9.90. The number of hydrogen-bond acceptors (Lipinski definition) is 3. The van der Waals surface area contributed by atoms with Gasteiger partial charge in [0, 0.05) is 31.5 Å². The van der Waals surface area contributed by atoms with Crippen LogP contribution in [-0.4, -0.2) is 44.0 Å². The lowest BCUT2D eigenvalue weighted by Crippen LogP contribution is -2.42. The molecule has 1 heterocycles. The van der Waals surface area contributed by atoms with E-state index in [0.29, 0.717) is 6.61 Å². The van der Waals surface area contributed by atoms with Crippen molar-refractivity contribution in [3.05, 3.63) is 71.8 Å². The zero-order valence-corrected chi connectivity index (χ0v) is 19.8. The van der Waals surface area contributed by atoms with Crippen LogP contribution >= 0.6 is 0 Å². The summed E-state index contributed by atoms with van der Waals surface area (Å²) in [4.78, 5) is 14.3. The van der Waals surface area contributed by atoms with Gasteiger partial charge in [0.15, 0.2) is 8.32 Å². The number of benzene rings is 2. The zero-order chi connectivity index (χ0) is 21.9. The predicted molar refractivity (Wildman–Crippen MR) is 124 cm³/mol. The van der Waals surface area contributed by atoms with Crippen LogP contribution in [0.1, 0.15) is 43.9 Å². The summed E-state index contributed by atoms with van der Waals surface area (Å²) in [5.41, 5.74) is 2.10. The number of carbonyl (C=O) groups is 1. The van der Waals surface area contributed by atoms with E-state index in [2.05, 4.69) is 63.0 Å². The van der Waals surface area contributed by atoms with Crippen LogP contribution in [0.2, 0.25) is 18.1 Å². The Hall–Kier alpha value is -1.95. The molecular formula is C25H35NO3Si. The average Bonchev–Trinajstić information content (AvgIpc) is 3.10. The number of nitrogens with zero attached hydrogens (tertiary/aromatic N) is 1. The number of carboxylic acids is 1. The number of likely N-dealkylation sites (tertiary alicyclic amines) is 1. The van der Waals surface area contributed by atoms with E-state index < -0.39 is 20.3 Å². The van der Waals surface area contributed by atoms with Crippen molar-refractivity contribution in [2.75, 3.05) is 19.7 Å². The van der Waals surface area contributed by atoms with Gasteiger partial charge >= 0.3 is 5.97 Å².